The minimum absolute atomic E-state index is 0. The highest BCUT2D eigenvalue weighted by Crippen LogP contribution is 2.27. The Morgan fingerprint density at radius 2 is 2.19 bits per heavy atom. The van der Waals surface area contributed by atoms with Gasteiger partial charge in [0.1, 0.15) is 0 Å². The van der Waals surface area contributed by atoms with E-state index in [0.29, 0.717) is 12.2 Å². The Morgan fingerprint density at radius 3 is 2.86 bits per heavy atom. The van der Waals surface area contributed by atoms with Crippen LogP contribution in [0.25, 0.3) is 5.65 Å². The van der Waals surface area contributed by atoms with Gasteiger partial charge in [0, 0.05) is 19.3 Å². The van der Waals surface area contributed by atoms with E-state index in [1.54, 1.807) is 15.3 Å². The first-order valence-electron chi connectivity index (χ1n) is 7.08. The van der Waals surface area contributed by atoms with Crippen molar-refractivity contribution < 1.29 is 0 Å². The van der Waals surface area contributed by atoms with Gasteiger partial charge in [0.15, 0.2) is 5.65 Å². The first kappa shape index (κ1) is 16.0. The zero-order chi connectivity index (χ0) is 14.2. The Bertz CT molecular complexity index is 667. The van der Waals surface area contributed by atoms with Crippen LogP contribution in [0.1, 0.15) is 13.3 Å². The quantitative estimate of drug-likeness (QED) is 0.897. The maximum atomic E-state index is 12.1. The van der Waals surface area contributed by atoms with Crippen LogP contribution in [0.5, 0.6) is 0 Å². The van der Waals surface area contributed by atoms with Crippen LogP contribution in [-0.4, -0.2) is 45.3 Å². The van der Waals surface area contributed by atoms with Crippen molar-refractivity contribution in [1.29, 1.82) is 0 Å². The highest BCUT2D eigenvalue weighted by atomic mass is 35.5. The van der Waals surface area contributed by atoms with Gasteiger partial charge in [-0.15, -0.1) is 17.5 Å². The molecule has 2 N–H and O–H groups in total. The summed E-state index contributed by atoms with van der Waals surface area (Å²) in [4.78, 5) is 14.5. The summed E-state index contributed by atoms with van der Waals surface area (Å²) in [5, 5.41) is 4.35. The highest BCUT2D eigenvalue weighted by Gasteiger charge is 2.32. The Labute approximate surface area is 129 Å². The monoisotopic (exact) mass is 311 g/mol. The summed E-state index contributed by atoms with van der Waals surface area (Å²) in [5.74, 6) is 0. The van der Waals surface area contributed by atoms with Crippen LogP contribution in [0.3, 0.4) is 0 Å². The number of rotatable bonds is 4. The third-order valence-electron chi connectivity index (χ3n) is 4.25. The lowest BCUT2D eigenvalue weighted by molar-refractivity contribution is 0.267. The van der Waals surface area contributed by atoms with Crippen molar-refractivity contribution in [2.45, 2.75) is 19.9 Å². The van der Waals surface area contributed by atoms with Gasteiger partial charge in [0.25, 0.3) is 0 Å². The number of hydrogen-bond donors (Lipinski definition) is 1. The molecule has 6 nitrogen and oxygen atoms in total. The van der Waals surface area contributed by atoms with Gasteiger partial charge in [-0.3, -0.25) is 4.40 Å². The molecule has 0 aromatic carbocycles. The third kappa shape index (κ3) is 3.12. The summed E-state index contributed by atoms with van der Waals surface area (Å²) in [6.45, 7) is 6.48. The van der Waals surface area contributed by atoms with Crippen molar-refractivity contribution in [3.63, 3.8) is 0 Å². The number of pyridine rings is 1. The van der Waals surface area contributed by atoms with Crippen molar-refractivity contribution >= 4 is 18.1 Å². The number of nitrogens with two attached hydrogens (primary N) is 1. The summed E-state index contributed by atoms with van der Waals surface area (Å²) in [7, 11) is 0. The number of aromatic nitrogens is 3. The van der Waals surface area contributed by atoms with Gasteiger partial charge in [0.05, 0.1) is 6.54 Å². The standard InChI is InChI=1S/C14H21N5O.ClH/c1-14(10-15)5-7-17(11-14)8-9-19-13(20)18-6-3-2-4-12(18)16-19;/h2-4,6H,5,7-11,15H2,1H3;1H. The highest BCUT2D eigenvalue weighted by molar-refractivity contribution is 5.85. The molecule has 1 aliphatic rings. The number of nitrogens with zero attached hydrogens (tertiary/aromatic N) is 4. The Hall–Kier alpha value is -1.37. The molecular weight excluding hydrogens is 290 g/mol. The van der Waals surface area contributed by atoms with Crippen molar-refractivity contribution in [2.24, 2.45) is 11.1 Å². The number of likely N-dealkylation sites (tertiary alicyclic amines) is 1. The normalized spacial score (nSPS) is 22.6. The molecule has 0 radical (unpaired) electrons. The van der Waals surface area contributed by atoms with Gasteiger partial charge in [-0.1, -0.05) is 13.0 Å². The van der Waals surface area contributed by atoms with Gasteiger partial charge < -0.3 is 10.6 Å². The van der Waals surface area contributed by atoms with E-state index in [2.05, 4.69) is 16.9 Å². The molecule has 116 valence electrons. The van der Waals surface area contributed by atoms with E-state index in [0.717, 1.165) is 32.6 Å². The fourth-order valence-corrected chi connectivity index (χ4v) is 2.83. The summed E-state index contributed by atoms with van der Waals surface area (Å²) in [6.07, 6.45) is 2.88. The Balaban J connectivity index is 0.00000161. The molecule has 0 aliphatic carbocycles. The minimum Gasteiger partial charge on any atom is -0.330 e. The minimum atomic E-state index is -0.0682. The largest absolute Gasteiger partial charge is 0.350 e. The fraction of sp³-hybridized carbons (Fsp3) is 0.571. The average molecular weight is 312 g/mol. The van der Waals surface area contributed by atoms with E-state index in [1.165, 1.54) is 0 Å². The molecule has 1 fully saturated rings. The molecule has 3 rings (SSSR count). The maximum Gasteiger partial charge on any atom is 0.350 e. The van der Waals surface area contributed by atoms with Crippen LogP contribution in [-0.2, 0) is 6.54 Å². The molecule has 2 aromatic rings. The van der Waals surface area contributed by atoms with Crippen molar-refractivity contribution in [2.75, 3.05) is 26.2 Å². The van der Waals surface area contributed by atoms with E-state index in [9.17, 15) is 4.79 Å². The van der Waals surface area contributed by atoms with Crippen molar-refractivity contribution in [1.82, 2.24) is 19.1 Å². The molecule has 1 unspecified atom stereocenters. The summed E-state index contributed by atoms with van der Waals surface area (Å²) in [6, 6.07) is 5.58. The number of hydrogen-bond acceptors (Lipinski definition) is 4. The van der Waals surface area contributed by atoms with E-state index >= 15 is 0 Å². The van der Waals surface area contributed by atoms with Crippen molar-refractivity contribution in [3.05, 3.63) is 34.9 Å². The molecule has 3 heterocycles. The molecule has 21 heavy (non-hydrogen) atoms. The zero-order valence-electron chi connectivity index (χ0n) is 12.2. The zero-order valence-corrected chi connectivity index (χ0v) is 13.1. The molecule has 0 saturated carbocycles. The van der Waals surface area contributed by atoms with E-state index < -0.39 is 0 Å². The molecule has 1 atom stereocenters. The first-order chi connectivity index (χ1) is 9.61. The molecule has 1 aliphatic heterocycles. The molecule has 0 amide bonds. The Morgan fingerprint density at radius 1 is 1.38 bits per heavy atom. The lowest BCUT2D eigenvalue weighted by Crippen LogP contribution is -2.34. The van der Waals surface area contributed by atoms with E-state index in [-0.39, 0.29) is 23.5 Å². The summed E-state index contributed by atoms with van der Waals surface area (Å²) < 4.78 is 3.13. The first-order valence-corrected chi connectivity index (χ1v) is 7.08. The molecule has 2 aromatic heterocycles. The van der Waals surface area contributed by atoms with Crippen LogP contribution in [0, 0.1) is 5.41 Å². The second-order valence-corrected chi connectivity index (χ2v) is 5.98. The van der Waals surface area contributed by atoms with Gasteiger partial charge in [-0.05, 0) is 37.1 Å². The van der Waals surface area contributed by atoms with Crippen LogP contribution in [0.2, 0.25) is 0 Å². The lowest BCUT2D eigenvalue weighted by atomic mass is 9.90. The fourth-order valence-electron chi connectivity index (χ4n) is 2.83. The van der Waals surface area contributed by atoms with Crippen LogP contribution >= 0.6 is 12.4 Å². The molecule has 7 heteroatoms. The number of halogens is 1. The lowest BCUT2D eigenvalue weighted by Gasteiger charge is -2.22. The molecule has 0 spiro atoms. The third-order valence-corrected chi connectivity index (χ3v) is 4.25. The summed E-state index contributed by atoms with van der Waals surface area (Å²) in [5.41, 5.74) is 6.67. The SMILES string of the molecule is CC1(CN)CCN(CCn2nc3ccccn3c2=O)C1.Cl. The van der Waals surface area contributed by atoms with Gasteiger partial charge in [-0.2, -0.15) is 0 Å². The second kappa shape index (κ2) is 6.17. The maximum absolute atomic E-state index is 12.1. The van der Waals surface area contributed by atoms with Crippen LogP contribution in [0.4, 0.5) is 0 Å². The number of fused-ring (bicyclic) bond motifs is 1. The second-order valence-electron chi connectivity index (χ2n) is 5.98. The van der Waals surface area contributed by atoms with Crippen LogP contribution in [0.15, 0.2) is 29.2 Å². The predicted octanol–water partition coefficient (Wildman–Crippen LogP) is 0.588. The Kier molecular flexibility index (Phi) is 4.70. The predicted molar refractivity (Wildman–Crippen MR) is 84.9 cm³/mol. The average Bonchev–Trinajstić information content (AvgIpc) is 2.99. The van der Waals surface area contributed by atoms with E-state index in [4.69, 9.17) is 5.73 Å². The molecular formula is C14H22ClN5O. The van der Waals surface area contributed by atoms with Gasteiger partial charge in [0.2, 0.25) is 0 Å². The molecule has 1 saturated heterocycles. The van der Waals surface area contributed by atoms with Gasteiger partial charge in [-0.25, -0.2) is 9.48 Å². The van der Waals surface area contributed by atoms with E-state index in [1.807, 2.05) is 18.2 Å². The smallest absolute Gasteiger partial charge is 0.330 e. The van der Waals surface area contributed by atoms with Crippen molar-refractivity contribution in [3.8, 4) is 0 Å². The van der Waals surface area contributed by atoms with Gasteiger partial charge >= 0.3 is 5.69 Å². The topological polar surface area (TPSA) is 68.6 Å². The summed E-state index contributed by atoms with van der Waals surface area (Å²) >= 11 is 0. The molecule has 0 bridgehead atoms. The van der Waals surface area contributed by atoms with Crippen LogP contribution < -0.4 is 11.4 Å².